The van der Waals surface area contributed by atoms with Crippen molar-refractivity contribution in [3.63, 3.8) is 0 Å². The molecule has 0 fully saturated rings. The molecule has 0 aliphatic rings. The fourth-order valence-electron chi connectivity index (χ4n) is 0.954. The van der Waals surface area contributed by atoms with Crippen LogP contribution in [0.4, 0.5) is 0 Å². The van der Waals surface area contributed by atoms with Gasteiger partial charge in [-0.3, -0.25) is 0 Å². The highest BCUT2D eigenvalue weighted by atomic mass is 16.5. The first-order valence-electron chi connectivity index (χ1n) is 4.17. The number of rotatable bonds is 6. The summed E-state index contributed by atoms with van der Waals surface area (Å²) in [5, 5.41) is 0. The molecule has 0 bridgehead atoms. The van der Waals surface area contributed by atoms with E-state index in [4.69, 9.17) is 10.5 Å². The fourth-order valence-corrected chi connectivity index (χ4v) is 0.954. The van der Waals surface area contributed by atoms with Crippen LogP contribution in [0, 0.1) is 0 Å². The minimum atomic E-state index is 0.602. The third-order valence-corrected chi connectivity index (χ3v) is 1.53. The van der Waals surface area contributed by atoms with Gasteiger partial charge in [-0.05, 0) is 6.42 Å². The highest BCUT2D eigenvalue weighted by Gasteiger charge is 1.89. The van der Waals surface area contributed by atoms with Gasteiger partial charge in [0.05, 0.1) is 12.9 Å². The van der Waals surface area contributed by atoms with Crippen LogP contribution in [0.25, 0.3) is 0 Å². The Labute approximate surface area is 72.3 Å². The first-order valence-corrected chi connectivity index (χ1v) is 4.17. The third-order valence-electron chi connectivity index (χ3n) is 1.53. The monoisotopic (exact) mass is 169 g/mol. The Hall–Kier alpha value is -0.870. The summed E-state index contributed by atoms with van der Waals surface area (Å²) in [6.07, 6.45) is 6.54. The summed E-state index contributed by atoms with van der Waals surface area (Å²) < 4.78 is 7.26. The maximum absolute atomic E-state index is 5.27. The number of nitrogens with zero attached hydrogens (tertiary/aromatic N) is 2. The summed E-state index contributed by atoms with van der Waals surface area (Å²) in [4.78, 5) is 3.94. The molecule has 1 rings (SSSR count). The average Bonchev–Trinajstić information content (AvgIpc) is 2.57. The molecule has 0 aliphatic carbocycles. The SMILES string of the molecule is NCCOCCCn1ccnc1. The van der Waals surface area contributed by atoms with Crippen molar-refractivity contribution in [3.05, 3.63) is 18.7 Å². The van der Waals surface area contributed by atoms with E-state index in [9.17, 15) is 0 Å². The molecule has 0 aromatic carbocycles. The zero-order valence-corrected chi connectivity index (χ0v) is 7.15. The normalized spacial score (nSPS) is 10.4. The number of ether oxygens (including phenoxy) is 1. The van der Waals surface area contributed by atoms with Gasteiger partial charge in [-0.15, -0.1) is 0 Å². The largest absolute Gasteiger partial charge is 0.380 e. The van der Waals surface area contributed by atoms with Crippen molar-refractivity contribution in [3.8, 4) is 0 Å². The van der Waals surface area contributed by atoms with Crippen molar-refractivity contribution in [1.29, 1.82) is 0 Å². The molecule has 0 saturated carbocycles. The van der Waals surface area contributed by atoms with E-state index in [1.807, 2.05) is 17.1 Å². The van der Waals surface area contributed by atoms with E-state index in [0.29, 0.717) is 13.2 Å². The molecule has 4 nitrogen and oxygen atoms in total. The predicted octanol–water partition coefficient (Wildman–Crippen LogP) is 0.248. The molecule has 0 saturated heterocycles. The Morgan fingerprint density at radius 3 is 3.00 bits per heavy atom. The van der Waals surface area contributed by atoms with Crippen molar-refractivity contribution in [1.82, 2.24) is 9.55 Å². The van der Waals surface area contributed by atoms with Crippen molar-refractivity contribution in [2.45, 2.75) is 13.0 Å². The van der Waals surface area contributed by atoms with E-state index in [1.165, 1.54) is 0 Å². The molecular formula is C8H15N3O. The summed E-state index contributed by atoms with van der Waals surface area (Å²) in [5.74, 6) is 0. The number of hydrogen-bond acceptors (Lipinski definition) is 3. The minimum absolute atomic E-state index is 0.602. The average molecular weight is 169 g/mol. The molecule has 1 aromatic heterocycles. The van der Waals surface area contributed by atoms with Crippen molar-refractivity contribution >= 4 is 0 Å². The second-order valence-electron chi connectivity index (χ2n) is 2.56. The van der Waals surface area contributed by atoms with Gasteiger partial charge in [0.1, 0.15) is 0 Å². The van der Waals surface area contributed by atoms with Crippen LogP contribution in [0.2, 0.25) is 0 Å². The Kier molecular flexibility index (Phi) is 4.41. The van der Waals surface area contributed by atoms with Crippen LogP contribution < -0.4 is 5.73 Å². The molecule has 1 heterocycles. The summed E-state index contributed by atoms with van der Waals surface area (Å²) in [5.41, 5.74) is 5.27. The first kappa shape index (κ1) is 9.22. The molecule has 0 unspecified atom stereocenters. The van der Waals surface area contributed by atoms with E-state index in [2.05, 4.69) is 4.98 Å². The van der Waals surface area contributed by atoms with Crippen LogP contribution in [0.3, 0.4) is 0 Å². The number of aromatic nitrogens is 2. The van der Waals surface area contributed by atoms with Gasteiger partial charge in [0.25, 0.3) is 0 Å². The molecule has 68 valence electrons. The second kappa shape index (κ2) is 5.74. The minimum Gasteiger partial charge on any atom is -0.380 e. The zero-order chi connectivity index (χ0) is 8.65. The van der Waals surface area contributed by atoms with Gasteiger partial charge in [-0.25, -0.2) is 4.98 Å². The van der Waals surface area contributed by atoms with Crippen molar-refractivity contribution in [2.24, 2.45) is 5.73 Å². The summed E-state index contributed by atoms with van der Waals surface area (Å²) in [6, 6.07) is 0. The van der Waals surface area contributed by atoms with E-state index in [-0.39, 0.29) is 0 Å². The predicted molar refractivity (Wildman–Crippen MR) is 46.7 cm³/mol. The van der Waals surface area contributed by atoms with Gasteiger partial charge in [0, 0.05) is 32.1 Å². The number of aryl methyl sites for hydroxylation is 1. The molecule has 4 heteroatoms. The quantitative estimate of drug-likeness (QED) is 0.621. The van der Waals surface area contributed by atoms with Crippen molar-refractivity contribution < 1.29 is 4.74 Å². The van der Waals surface area contributed by atoms with E-state index in [1.54, 1.807) is 6.20 Å². The highest BCUT2D eigenvalue weighted by Crippen LogP contribution is 1.90. The molecule has 0 spiro atoms. The van der Waals surface area contributed by atoms with Crippen LogP contribution in [0.15, 0.2) is 18.7 Å². The van der Waals surface area contributed by atoms with Crippen LogP contribution in [0.1, 0.15) is 6.42 Å². The van der Waals surface area contributed by atoms with E-state index in [0.717, 1.165) is 19.6 Å². The molecule has 12 heavy (non-hydrogen) atoms. The third kappa shape index (κ3) is 3.50. The number of nitrogens with two attached hydrogens (primary N) is 1. The fraction of sp³-hybridized carbons (Fsp3) is 0.625. The highest BCUT2D eigenvalue weighted by molar-refractivity contribution is 4.73. The summed E-state index contributed by atoms with van der Waals surface area (Å²) in [6.45, 7) is 2.99. The van der Waals surface area contributed by atoms with Crippen LogP contribution in [-0.4, -0.2) is 29.3 Å². The van der Waals surface area contributed by atoms with Crippen LogP contribution in [0.5, 0.6) is 0 Å². The van der Waals surface area contributed by atoms with Crippen LogP contribution in [-0.2, 0) is 11.3 Å². The van der Waals surface area contributed by atoms with Gasteiger partial charge in [-0.2, -0.15) is 0 Å². The van der Waals surface area contributed by atoms with E-state index >= 15 is 0 Å². The first-order chi connectivity index (χ1) is 5.93. The topological polar surface area (TPSA) is 53.1 Å². The number of imidazole rings is 1. The molecule has 1 aromatic rings. The standard InChI is InChI=1S/C8H15N3O/c9-2-7-12-6-1-4-11-5-3-10-8-11/h3,5,8H,1-2,4,6-7,9H2. The van der Waals surface area contributed by atoms with Crippen molar-refractivity contribution in [2.75, 3.05) is 19.8 Å². The lowest BCUT2D eigenvalue weighted by Crippen LogP contribution is -2.10. The van der Waals surface area contributed by atoms with Crippen LogP contribution >= 0.6 is 0 Å². The molecule has 0 radical (unpaired) electrons. The smallest absolute Gasteiger partial charge is 0.0945 e. The van der Waals surface area contributed by atoms with Gasteiger partial charge in [0.2, 0.25) is 0 Å². The molecule has 2 N–H and O–H groups in total. The van der Waals surface area contributed by atoms with Gasteiger partial charge < -0.3 is 15.0 Å². The number of hydrogen-bond donors (Lipinski definition) is 1. The lowest BCUT2D eigenvalue weighted by atomic mass is 10.4. The molecule has 0 amide bonds. The Balaban J connectivity index is 1.96. The van der Waals surface area contributed by atoms with Gasteiger partial charge in [-0.1, -0.05) is 0 Å². The van der Waals surface area contributed by atoms with Gasteiger partial charge in [0.15, 0.2) is 0 Å². The molecular weight excluding hydrogens is 154 g/mol. The maximum Gasteiger partial charge on any atom is 0.0945 e. The zero-order valence-electron chi connectivity index (χ0n) is 7.15. The summed E-state index contributed by atoms with van der Waals surface area (Å²) in [7, 11) is 0. The molecule has 0 atom stereocenters. The lowest BCUT2D eigenvalue weighted by Gasteiger charge is -2.02. The van der Waals surface area contributed by atoms with E-state index < -0.39 is 0 Å². The van der Waals surface area contributed by atoms with Gasteiger partial charge >= 0.3 is 0 Å². The molecule has 0 aliphatic heterocycles. The lowest BCUT2D eigenvalue weighted by molar-refractivity contribution is 0.136. The summed E-state index contributed by atoms with van der Waals surface area (Å²) >= 11 is 0. The second-order valence-corrected chi connectivity index (χ2v) is 2.56. The Morgan fingerprint density at radius 1 is 1.42 bits per heavy atom. The Bertz CT molecular complexity index is 186. The maximum atomic E-state index is 5.27. The Morgan fingerprint density at radius 2 is 2.33 bits per heavy atom.